The van der Waals surface area contributed by atoms with Crippen LogP contribution in [-0.4, -0.2) is 20.8 Å². The first-order valence-electron chi connectivity index (χ1n) is 11.1. The van der Waals surface area contributed by atoms with Gasteiger partial charge < -0.3 is 0 Å². The number of benzene rings is 1. The third-order valence-corrected chi connectivity index (χ3v) is 7.90. The first-order chi connectivity index (χ1) is 15.5. The maximum atomic E-state index is 5.95. The lowest BCUT2D eigenvalue weighted by molar-refractivity contribution is -0.0122. The van der Waals surface area contributed by atoms with Gasteiger partial charge in [0.2, 0.25) is 5.11 Å². The van der Waals surface area contributed by atoms with E-state index in [-0.39, 0.29) is 5.41 Å². The van der Waals surface area contributed by atoms with Crippen molar-refractivity contribution in [2.75, 3.05) is 0 Å². The minimum atomic E-state index is 0.0950. The molecule has 2 aromatic rings. The van der Waals surface area contributed by atoms with Crippen LogP contribution in [0.1, 0.15) is 49.8 Å². The van der Waals surface area contributed by atoms with Crippen LogP contribution in [0.2, 0.25) is 5.02 Å². The van der Waals surface area contributed by atoms with Crippen molar-refractivity contribution in [3.63, 3.8) is 0 Å². The number of hydrazone groups is 1. The minimum absolute atomic E-state index is 0.0950. The average Bonchev–Trinajstić information content (AvgIpc) is 2.78. The van der Waals surface area contributed by atoms with Gasteiger partial charge in [0.05, 0.1) is 11.4 Å². The Kier molecular flexibility index (Phi) is 6.14. The zero-order valence-electron chi connectivity index (χ0n) is 17.7. The highest BCUT2D eigenvalue weighted by Crippen LogP contribution is 2.61. The van der Waals surface area contributed by atoms with E-state index in [0.717, 1.165) is 34.7 Å². The second kappa shape index (κ2) is 9.04. The molecule has 4 fully saturated rings. The topological polar surface area (TPSA) is 61.3 Å². The summed E-state index contributed by atoms with van der Waals surface area (Å²) in [6.07, 6.45) is 9.60. The van der Waals surface area contributed by atoms with Crippen LogP contribution < -0.4 is 16.3 Å². The smallest absolute Gasteiger partial charge is 0.205 e. The van der Waals surface area contributed by atoms with Crippen LogP contribution in [0.3, 0.4) is 0 Å². The summed E-state index contributed by atoms with van der Waals surface area (Å²) < 4.78 is 0. The van der Waals surface area contributed by atoms with Gasteiger partial charge in [0.1, 0.15) is 4.99 Å². The SMILES string of the molecule is S=C(N/N=C(/c1ccccn1)C12CC3CC(CC(C3)C1)C2)NNC(=S)c1ccc(Cl)cc1. The lowest BCUT2D eigenvalue weighted by atomic mass is 9.48. The van der Waals surface area contributed by atoms with Crippen LogP contribution in [0.15, 0.2) is 53.8 Å². The lowest BCUT2D eigenvalue weighted by Gasteiger charge is -2.56. The van der Waals surface area contributed by atoms with Gasteiger partial charge in [0.25, 0.3) is 0 Å². The third kappa shape index (κ3) is 4.51. The molecule has 4 aliphatic rings. The Hall–Kier alpha value is -2.09. The molecule has 1 aromatic carbocycles. The molecule has 4 aliphatic carbocycles. The third-order valence-electron chi connectivity index (χ3n) is 7.11. The van der Waals surface area contributed by atoms with Crippen molar-refractivity contribution in [3.8, 4) is 0 Å². The van der Waals surface area contributed by atoms with E-state index < -0.39 is 0 Å². The minimum Gasteiger partial charge on any atom is -0.288 e. The van der Waals surface area contributed by atoms with E-state index in [9.17, 15) is 0 Å². The van der Waals surface area contributed by atoms with E-state index >= 15 is 0 Å². The summed E-state index contributed by atoms with van der Waals surface area (Å²) >= 11 is 16.8. The molecule has 0 unspecified atom stereocenters. The molecular formula is C24H26ClN5S2. The van der Waals surface area contributed by atoms with Gasteiger partial charge in [0, 0.05) is 22.2 Å². The number of thiocarbonyl (C=S) groups is 2. The fraction of sp³-hybridized carbons (Fsp3) is 0.417. The van der Waals surface area contributed by atoms with E-state index in [1.807, 2.05) is 30.5 Å². The van der Waals surface area contributed by atoms with Crippen molar-refractivity contribution in [2.45, 2.75) is 38.5 Å². The highest BCUT2D eigenvalue weighted by Gasteiger charge is 2.53. The normalized spacial score (nSPS) is 28.3. The molecule has 8 heteroatoms. The van der Waals surface area contributed by atoms with Gasteiger partial charge in [-0.15, -0.1) is 0 Å². The van der Waals surface area contributed by atoms with Gasteiger partial charge in [-0.1, -0.05) is 42.0 Å². The van der Waals surface area contributed by atoms with Gasteiger partial charge in [-0.05, 0) is 92.8 Å². The molecule has 0 amide bonds. The molecule has 0 atom stereocenters. The molecule has 0 spiro atoms. The zero-order valence-corrected chi connectivity index (χ0v) is 20.1. The molecule has 6 rings (SSSR count). The van der Waals surface area contributed by atoms with E-state index in [1.54, 1.807) is 12.1 Å². The van der Waals surface area contributed by atoms with Gasteiger partial charge >= 0.3 is 0 Å². The maximum Gasteiger partial charge on any atom is 0.205 e. The Balaban J connectivity index is 1.30. The summed E-state index contributed by atoms with van der Waals surface area (Å²) in [5, 5.41) is 5.88. The monoisotopic (exact) mass is 483 g/mol. The summed E-state index contributed by atoms with van der Waals surface area (Å²) in [6.45, 7) is 0. The molecule has 0 aliphatic heterocycles. The van der Waals surface area contributed by atoms with E-state index in [1.165, 1.54) is 38.5 Å². The summed E-state index contributed by atoms with van der Waals surface area (Å²) in [6, 6.07) is 13.4. The Labute approximate surface area is 204 Å². The first-order valence-corrected chi connectivity index (χ1v) is 12.3. The molecule has 5 nitrogen and oxygen atoms in total. The molecule has 0 radical (unpaired) electrons. The molecule has 32 heavy (non-hydrogen) atoms. The number of pyridine rings is 1. The fourth-order valence-corrected chi connectivity index (χ4v) is 6.68. The van der Waals surface area contributed by atoms with Crippen LogP contribution in [0, 0.1) is 23.2 Å². The van der Waals surface area contributed by atoms with E-state index in [2.05, 4.69) is 27.3 Å². The molecule has 4 saturated carbocycles. The lowest BCUT2D eigenvalue weighted by Crippen LogP contribution is -2.51. The summed E-state index contributed by atoms with van der Waals surface area (Å²) in [7, 11) is 0. The van der Waals surface area contributed by atoms with Crippen LogP contribution >= 0.6 is 36.0 Å². The van der Waals surface area contributed by atoms with Gasteiger partial charge in [-0.25, -0.2) is 0 Å². The van der Waals surface area contributed by atoms with Crippen molar-refractivity contribution < 1.29 is 0 Å². The van der Waals surface area contributed by atoms with Crippen LogP contribution in [0.25, 0.3) is 0 Å². The van der Waals surface area contributed by atoms with Crippen molar-refractivity contribution >= 4 is 51.8 Å². The quantitative estimate of drug-likeness (QED) is 0.323. The fourth-order valence-electron chi connectivity index (χ4n) is 6.27. The predicted molar refractivity (Wildman–Crippen MR) is 137 cm³/mol. The highest BCUT2D eigenvalue weighted by atomic mass is 35.5. The van der Waals surface area contributed by atoms with Crippen LogP contribution in [0.5, 0.6) is 0 Å². The number of hydrogen-bond donors (Lipinski definition) is 3. The highest BCUT2D eigenvalue weighted by molar-refractivity contribution is 7.81. The largest absolute Gasteiger partial charge is 0.288 e. The van der Waals surface area contributed by atoms with Crippen LogP contribution in [-0.2, 0) is 0 Å². The molecule has 3 N–H and O–H groups in total. The number of aromatic nitrogens is 1. The number of rotatable bonds is 4. The van der Waals surface area contributed by atoms with Gasteiger partial charge in [-0.2, -0.15) is 5.10 Å². The Bertz CT molecular complexity index is 1000. The number of hydrogen-bond acceptors (Lipinski definition) is 4. The van der Waals surface area contributed by atoms with E-state index in [4.69, 9.17) is 41.1 Å². The molecule has 1 heterocycles. The molecule has 1 aromatic heterocycles. The number of halogens is 1. The number of hydrazine groups is 1. The molecule has 0 saturated heterocycles. The molecule has 4 bridgehead atoms. The van der Waals surface area contributed by atoms with Crippen molar-refractivity contribution in [3.05, 3.63) is 64.9 Å². The standard InChI is InChI=1S/C24H26ClN5S2/c25-19-6-4-18(5-7-19)22(31)28-30-23(32)29-27-21(20-3-1-2-8-26-20)24-12-15-9-16(13-24)11-17(10-15)14-24/h1-8,15-17H,9-14H2,(H,28,31)(H2,29,30,32)/b27-21-. The van der Waals surface area contributed by atoms with Crippen molar-refractivity contribution in [1.82, 2.24) is 21.3 Å². The summed E-state index contributed by atoms with van der Waals surface area (Å²) in [4.78, 5) is 5.18. The zero-order chi connectivity index (χ0) is 22.1. The summed E-state index contributed by atoms with van der Waals surface area (Å²) in [5.74, 6) is 2.45. The second-order valence-electron chi connectivity index (χ2n) is 9.40. The van der Waals surface area contributed by atoms with Gasteiger partial charge in [0.15, 0.2) is 0 Å². The summed E-state index contributed by atoms with van der Waals surface area (Å²) in [5.41, 5.74) is 11.9. The average molecular weight is 484 g/mol. The predicted octanol–water partition coefficient (Wildman–Crippen LogP) is 5.00. The van der Waals surface area contributed by atoms with Crippen molar-refractivity contribution in [1.29, 1.82) is 0 Å². The van der Waals surface area contributed by atoms with Gasteiger partial charge in [-0.3, -0.25) is 21.3 Å². The Morgan fingerprint density at radius 2 is 1.59 bits per heavy atom. The Morgan fingerprint density at radius 1 is 0.938 bits per heavy atom. The van der Waals surface area contributed by atoms with Crippen molar-refractivity contribution in [2.24, 2.45) is 28.3 Å². The van der Waals surface area contributed by atoms with Crippen LogP contribution in [0.4, 0.5) is 0 Å². The number of nitrogens with zero attached hydrogens (tertiary/aromatic N) is 2. The molecule has 166 valence electrons. The second-order valence-corrected chi connectivity index (χ2v) is 10.7. The Morgan fingerprint density at radius 3 is 2.19 bits per heavy atom. The van der Waals surface area contributed by atoms with E-state index in [0.29, 0.717) is 15.1 Å². The first kappa shape index (κ1) is 21.7. The maximum absolute atomic E-state index is 5.95. The number of nitrogens with one attached hydrogen (secondary N) is 3. The molecular weight excluding hydrogens is 458 g/mol.